The first-order valence-corrected chi connectivity index (χ1v) is 19.1. The summed E-state index contributed by atoms with van der Waals surface area (Å²) in [6.07, 6.45) is 0. The van der Waals surface area contributed by atoms with Gasteiger partial charge in [-0.25, -0.2) is 0 Å². The molecule has 264 valence electrons. The highest BCUT2D eigenvalue weighted by Gasteiger charge is 2.21. The van der Waals surface area contributed by atoms with E-state index >= 15 is 0 Å². The van der Waals surface area contributed by atoms with Gasteiger partial charge in [0.25, 0.3) is 0 Å². The Morgan fingerprint density at radius 1 is 0.268 bits per heavy atom. The lowest BCUT2D eigenvalue weighted by Crippen LogP contribution is -2.11. The van der Waals surface area contributed by atoms with Crippen LogP contribution < -0.4 is 4.90 Å². The smallest absolute Gasteiger partial charge is 0.137 e. The lowest BCUT2D eigenvalue weighted by atomic mass is 9.89. The molecular weight excluding hydrogens is 679 g/mol. The Hall–Kier alpha value is -7.42. The van der Waals surface area contributed by atoms with Crippen LogP contribution in [0.5, 0.6) is 0 Å². The van der Waals surface area contributed by atoms with Crippen molar-refractivity contribution in [3.8, 4) is 55.6 Å². The van der Waals surface area contributed by atoms with Crippen molar-refractivity contribution >= 4 is 39.0 Å². The zero-order valence-electron chi connectivity index (χ0n) is 30.7. The second-order valence-corrected chi connectivity index (χ2v) is 14.1. The van der Waals surface area contributed by atoms with Crippen LogP contribution in [0.3, 0.4) is 0 Å². The molecular formula is C54H37NO. The van der Waals surface area contributed by atoms with Gasteiger partial charge in [-0.05, 0) is 92.5 Å². The van der Waals surface area contributed by atoms with Crippen molar-refractivity contribution < 1.29 is 4.42 Å². The number of fused-ring (bicyclic) bond motifs is 3. The van der Waals surface area contributed by atoms with Crippen LogP contribution in [-0.4, -0.2) is 0 Å². The molecule has 9 aromatic carbocycles. The van der Waals surface area contributed by atoms with Gasteiger partial charge < -0.3 is 9.32 Å². The SMILES string of the molecule is c1ccc(-c2ccc(N(c3ccc(-c4ccccc4-c4ccccc4-c4ccccc4)cc3)c3ccc4c(c3)oc3ccccc34)c(-c3ccccc3)c2)cc1. The average molecular weight is 716 g/mol. The summed E-state index contributed by atoms with van der Waals surface area (Å²) in [7, 11) is 0. The topological polar surface area (TPSA) is 16.4 Å². The van der Waals surface area contributed by atoms with Crippen LogP contribution in [0.15, 0.2) is 229 Å². The summed E-state index contributed by atoms with van der Waals surface area (Å²) in [4.78, 5) is 2.37. The number of hydrogen-bond donors (Lipinski definition) is 0. The lowest BCUT2D eigenvalue weighted by molar-refractivity contribution is 0.669. The van der Waals surface area contributed by atoms with Crippen LogP contribution in [-0.2, 0) is 0 Å². The molecule has 0 spiro atoms. The molecule has 0 saturated heterocycles. The normalized spacial score (nSPS) is 11.2. The first-order valence-electron chi connectivity index (χ1n) is 19.1. The Kier molecular flexibility index (Phi) is 8.55. The average Bonchev–Trinajstić information content (AvgIpc) is 3.66. The molecule has 0 atom stereocenters. The van der Waals surface area contributed by atoms with Crippen LogP contribution in [0, 0.1) is 0 Å². The Balaban J connectivity index is 1.14. The predicted octanol–water partition coefficient (Wildman–Crippen LogP) is 15.4. The van der Waals surface area contributed by atoms with E-state index in [4.69, 9.17) is 4.42 Å². The van der Waals surface area contributed by atoms with E-state index in [1.165, 1.54) is 38.9 Å². The van der Waals surface area contributed by atoms with E-state index in [2.05, 4.69) is 217 Å². The summed E-state index contributed by atoms with van der Waals surface area (Å²) < 4.78 is 6.45. The second-order valence-electron chi connectivity index (χ2n) is 14.1. The number of hydrogen-bond acceptors (Lipinski definition) is 2. The molecule has 0 amide bonds. The van der Waals surface area contributed by atoms with Gasteiger partial charge >= 0.3 is 0 Å². The highest BCUT2D eigenvalue weighted by atomic mass is 16.3. The van der Waals surface area contributed by atoms with Gasteiger partial charge in [0.2, 0.25) is 0 Å². The molecule has 0 aliphatic carbocycles. The van der Waals surface area contributed by atoms with E-state index in [9.17, 15) is 0 Å². The number of nitrogens with zero attached hydrogens (tertiary/aromatic N) is 1. The van der Waals surface area contributed by atoms with Crippen LogP contribution in [0.2, 0.25) is 0 Å². The molecule has 0 radical (unpaired) electrons. The molecule has 10 aromatic rings. The molecule has 0 aliphatic rings. The third kappa shape index (κ3) is 6.14. The fourth-order valence-corrected chi connectivity index (χ4v) is 8.02. The summed E-state index contributed by atoms with van der Waals surface area (Å²) >= 11 is 0. The maximum Gasteiger partial charge on any atom is 0.137 e. The van der Waals surface area contributed by atoms with Gasteiger partial charge in [-0.2, -0.15) is 0 Å². The highest BCUT2D eigenvalue weighted by molar-refractivity contribution is 6.06. The van der Waals surface area contributed by atoms with Crippen LogP contribution in [0.4, 0.5) is 17.1 Å². The fraction of sp³-hybridized carbons (Fsp3) is 0. The summed E-state index contributed by atoms with van der Waals surface area (Å²) in [6, 6.07) is 80.1. The van der Waals surface area contributed by atoms with E-state index in [-0.39, 0.29) is 0 Å². The molecule has 0 fully saturated rings. The van der Waals surface area contributed by atoms with Gasteiger partial charge in [-0.1, -0.05) is 176 Å². The van der Waals surface area contributed by atoms with Crippen LogP contribution in [0.25, 0.3) is 77.6 Å². The Labute approximate surface area is 327 Å². The van der Waals surface area contributed by atoms with Crippen molar-refractivity contribution in [1.82, 2.24) is 0 Å². The highest BCUT2D eigenvalue weighted by Crippen LogP contribution is 2.45. The van der Waals surface area contributed by atoms with Gasteiger partial charge in [0.05, 0.1) is 5.69 Å². The Bertz CT molecular complexity index is 2950. The summed E-state index contributed by atoms with van der Waals surface area (Å²) in [5.74, 6) is 0. The molecule has 10 rings (SSSR count). The first-order chi connectivity index (χ1) is 27.8. The largest absolute Gasteiger partial charge is 0.456 e. The number of para-hydroxylation sites is 1. The van der Waals surface area contributed by atoms with Crippen molar-refractivity contribution in [3.63, 3.8) is 0 Å². The standard InChI is InChI=1S/C54H37NO/c1-4-16-38(17-5-1)42-30-35-52(51(36-42)40-20-8-3-9-21-40)55(44-33-34-50-49-26-14-15-27-53(49)56-54(50)37-44)43-31-28-41(29-32-43)46-23-11-13-25-48(46)47-24-12-10-22-45(47)39-18-6-2-7-19-39/h1-37H. The maximum absolute atomic E-state index is 6.45. The molecule has 0 N–H and O–H groups in total. The maximum atomic E-state index is 6.45. The molecule has 1 aromatic heterocycles. The zero-order valence-corrected chi connectivity index (χ0v) is 30.7. The fourth-order valence-electron chi connectivity index (χ4n) is 8.02. The number of rotatable bonds is 8. The minimum absolute atomic E-state index is 0.860. The molecule has 0 unspecified atom stereocenters. The van der Waals surface area contributed by atoms with Crippen LogP contribution >= 0.6 is 0 Å². The predicted molar refractivity (Wildman–Crippen MR) is 236 cm³/mol. The molecule has 56 heavy (non-hydrogen) atoms. The van der Waals surface area contributed by atoms with Crippen molar-refractivity contribution in [2.24, 2.45) is 0 Å². The summed E-state index contributed by atoms with van der Waals surface area (Å²) in [6.45, 7) is 0. The minimum Gasteiger partial charge on any atom is -0.456 e. The van der Waals surface area contributed by atoms with E-state index in [1.54, 1.807) is 0 Å². The lowest BCUT2D eigenvalue weighted by Gasteiger charge is -2.28. The molecule has 2 nitrogen and oxygen atoms in total. The second kappa shape index (κ2) is 14.4. The van der Waals surface area contributed by atoms with Crippen molar-refractivity contribution in [1.29, 1.82) is 0 Å². The zero-order chi connectivity index (χ0) is 37.3. The van der Waals surface area contributed by atoms with Crippen molar-refractivity contribution in [2.45, 2.75) is 0 Å². The number of benzene rings is 9. The van der Waals surface area contributed by atoms with Crippen molar-refractivity contribution in [2.75, 3.05) is 4.90 Å². The van der Waals surface area contributed by atoms with Crippen LogP contribution in [0.1, 0.15) is 0 Å². The Morgan fingerprint density at radius 3 is 1.38 bits per heavy atom. The third-order valence-electron chi connectivity index (χ3n) is 10.7. The van der Waals surface area contributed by atoms with Crippen molar-refractivity contribution in [3.05, 3.63) is 224 Å². The monoisotopic (exact) mass is 715 g/mol. The van der Waals surface area contributed by atoms with E-state index in [0.29, 0.717) is 0 Å². The Morgan fingerprint density at radius 2 is 0.732 bits per heavy atom. The number of furan rings is 1. The number of anilines is 3. The summed E-state index contributed by atoms with van der Waals surface area (Å²) in [5.41, 5.74) is 16.7. The van der Waals surface area contributed by atoms with Gasteiger partial charge in [0.15, 0.2) is 0 Å². The summed E-state index contributed by atoms with van der Waals surface area (Å²) in [5, 5.41) is 2.23. The molecule has 0 bridgehead atoms. The third-order valence-corrected chi connectivity index (χ3v) is 10.7. The minimum atomic E-state index is 0.860. The van der Waals surface area contributed by atoms with E-state index in [0.717, 1.165) is 55.7 Å². The molecule has 1 heterocycles. The molecule has 0 saturated carbocycles. The van der Waals surface area contributed by atoms with Gasteiger partial charge in [-0.3, -0.25) is 0 Å². The molecule has 0 aliphatic heterocycles. The van der Waals surface area contributed by atoms with Gasteiger partial charge in [0, 0.05) is 33.8 Å². The van der Waals surface area contributed by atoms with E-state index < -0.39 is 0 Å². The van der Waals surface area contributed by atoms with E-state index in [1.807, 2.05) is 12.1 Å². The quantitative estimate of drug-likeness (QED) is 0.156. The molecule has 2 heteroatoms. The first kappa shape index (κ1) is 33.2. The van der Waals surface area contributed by atoms with Gasteiger partial charge in [-0.15, -0.1) is 0 Å². The van der Waals surface area contributed by atoms with Gasteiger partial charge in [0.1, 0.15) is 11.2 Å².